The van der Waals surface area contributed by atoms with E-state index >= 15 is 0 Å². The van der Waals surface area contributed by atoms with Gasteiger partial charge in [-0.1, -0.05) is 59.6 Å². The quantitative estimate of drug-likeness (QED) is 0.478. The van der Waals surface area contributed by atoms with E-state index < -0.39 is 0 Å². The number of nitrogens with zero attached hydrogens (tertiary/aromatic N) is 2. The molecule has 2 aromatic rings. The molecule has 0 aliphatic carbocycles. The summed E-state index contributed by atoms with van der Waals surface area (Å²) >= 11 is 12.0. The van der Waals surface area contributed by atoms with E-state index in [4.69, 9.17) is 23.2 Å². The number of hydrogen-bond acceptors (Lipinski definition) is 2. The Labute approximate surface area is 160 Å². The van der Waals surface area contributed by atoms with Gasteiger partial charge in [0.05, 0.1) is 21.3 Å². The lowest BCUT2D eigenvalue weighted by atomic mass is 10.0. The number of rotatable bonds is 3. The standard InChI is InChI=1S/C21H14Cl2N2O/c22-18-7-6-16(10-19(18)23)20-11-15-8-9-25(13-17(15)21(26)24-20)12-14-4-2-1-3-5-14/h1-11,13H,12H2. The smallest absolute Gasteiger partial charge is 0.279 e. The predicted molar refractivity (Wildman–Crippen MR) is 106 cm³/mol. The highest BCUT2D eigenvalue weighted by atomic mass is 35.5. The van der Waals surface area contributed by atoms with Crippen molar-refractivity contribution in [2.45, 2.75) is 6.54 Å². The van der Waals surface area contributed by atoms with Crippen LogP contribution in [-0.4, -0.2) is 9.55 Å². The Bertz CT molecular complexity index is 1110. The maximum absolute atomic E-state index is 12.5. The van der Waals surface area contributed by atoms with Crippen molar-refractivity contribution in [3.63, 3.8) is 0 Å². The molecule has 2 aliphatic heterocycles. The first-order valence-electron chi connectivity index (χ1n) is 8.10. The van der Waals surface area contributed by atoms with E-state index in [9.17, 15) is 4.79 Å². The van der Waals surface area contributed by atoms with Gasteiger partial charge < -0.3 is 4.57 Å². The van der Waals surface area contributed by atoms with Gasteiger partial charge >= 0.3 is 0 Å². The molecule has 26 heavy (non-hydrogen) atoms. The van der Waals surface area contributed by atoms with Gasteiger partial charge in [-0.05, 0) is 35.4 Å². The highest BCUT2D eigenvalue weighted by molar-refractivity contribution is 6.42. The van der Waals surface area contributed by atoms with Gasteiger partial charge in [0, 0.05) is 24.5 Å². The summed E-state index contributed by atoms with van der Waals surface area (Å²) in [6, 6.07) is 19.2. The van der Waals surface area contributed by atoms with Gasteiger partial charge in [-0.3, -0.25) is 4.79 Å². The maximum Gasteiger partial charge on any atom is 0.279 e. The first-order valence-corrected chi connectivity index (χ1v) is 8.86. The normalized spacial score (nSPS) is 11.0. The summed E-state index contributed by atoms with van der Waals surface area (Å²) in [5.41, 5.74) is 3.69. The second kappa shape index (κ2) is 6.94. The zero-order valence-electron chi connectivity index (χ0n) is 13.7. The van der Waals surface area contributed by atoms with Crippen molar-refractivity contribution in [1.82, 2.24) is 9.55 Å². The first kappa shape index (κ1) is 16.8. The fourth-order valence-corrected chi connectivity index (χ4v) is 3.20. The van der Waals surface area contributed by atoms with Gasteiger partial charge in [0.2, 0.25) is 0 Å². The molecule has 0 saturated heterocycles. The van der Waals surface area contributed by atoms with E-state index in [-0.39, 0.29) is 5.56 Å². The highest BCUT2D eigenvalue weighted by Crippen LogP contribution is 2.29. The Kier molecular flexibility index (Phi) is 4.49. The molecule has 0 N–H and O–H groups in total. The van der Waals surface area contributed by atoms with Crippen molar-refractivity contribution in [3.8, 4) is 22.4 Å². The Balaban J connectivity index is 1.74. The summed E-state index contributed by atoms with van der Waals surface area (Å²) in [6.45, 7) is 0.699. The summed E-state index contributed by atoms with van der Waals surface area (Å²) in [7, 11) is 0. The van der Waals surface area contributed by atoms with Crippen LogP contribution in [0.25, 0.3) is 22.4 Å². The average molecular weight is 381 g/mol. The summed E-state index contributed by atoms with van der Waals surface area (Å²) < 4.78 is 1.99. The summed E-state index contributed by atoms with van der Waals surface area (Å²) in [5.74, 6) is 0. The highest BCUT2D eigenvalue weighted by Gasteiger charge is 2.12. The van der Waals surface area contributed by atoms with Crippen molar-refractivity contribution in [3.05, 3.63) is 99.0 Å². The number of halogens is 2. The molecule has 3 nitrogen and oxygen atoms in total. The van der Waals surface area contributed by atoms with Crippen LogP contribution in [0.2, 0.25) is 10.0 Å². The topological polar surface area (TPSA) is 34.9 Å². The molecule has 0 fully saturated rings. The van der Waals surface area contributed by atoms with Gasteiger partial charge in [-0.15, -0.1) is 0 Å². The molecule has 0 saturated carbocycles. The Morgan fingerprint density at radius 2 is 1.69 bits per heavy atom. The van der Waals surface area contributed by atoms with E-state index in [1.165, 1.54) is 5.56 Å². The van der Waals surface area contributed by atoms with Crippen LogP contribution in [-0.2, 0) is 6.54 Å². The third-order valence-electron chi connectivity index (χ3n) is 4.22. The minimum atomic E-state index is -0.258. The molecule has 2 aromatic carbocycles. The van der Waals surface area contributed by atoms with E-state index in [0.29, 0.717) is 27.8 Å². The van der Waals surface area contributed by atoms with Crippen LogP contribution >= 0.6 is 23.2 Å². The first-order chi connectivity index (χ1) is 12.6. The van der Waals surface area contributed by atoms with Crippen molar-refractivity contribution in [2.24, 2.45) is 0 Å². The van der Waals surface area contributed by atoms with E-state index in [2.05, 4.69) is 17.1 Å². The average Bonchev–Trinajstić information content (AvgIpc) is 2.65. The number of benzene rings is 2. The van der Waals surface area contributed by atoms with Gasteiger partial charge in [0.25, 0.3) is 5.56 Å². The molecule has 5 heteroatoms. The molecule has 4 rings (SSSR count). The van der Waals surface area contributed by atoms with Crippen LogP contribution in [0, 0.1) is 0 Å². The van der Waals surface area contributed by atoms with Gasteiger partial charge in [0.1, 0.15) is 0 Å². The third-order valence-corrected chi connectivity index (χ3v) is 4.96. The van der Waals surface area contributed by atoms with Gasteiger partial charge in [-0.25, -0.2) is 4.98 Å². The van der Waals surface area contributed by atoms with Gasteiger partial charge in [-0.2, -0.15) is 0 Å². The minimum absolute atomic E-state index is 0.258. The van der Waals surface area contributed by atoms with Crippen molar-refractivity contribution >= 4 is 23.2 Å². The molecular weight excluding hydrogens is 367 g/mol. The Morgan fingerprint density at radius 1 is 0.885 bits per heavy atom. The lowest BCUT2D eigenvalue weighted by Gasteiger charge is -2.12. The van der Waals surface area contributed by atoms with Gasteiger partial charge in [0.15, 0.2) is 0 Å². The third kappa shape index (κ3) is 3.36. The number of aromatic nitrogens is 2. The van der Waals surface area contributed by atoms with Crippen LogP contribution in [0.15, 0.2) is 77.9 Å². The van der Waals surface area contributed by atoms with E-state index in [1.54, 1.807) is 18.2 Å². The van der Waals surface area contributed by atoms with Crippen LogP contribution in [0.4, 0.5) is 0 Å². The maximum atomic E-state index is 12.5. The molecule has 0 atom stereocenters. The molecule has 0 spiro atoms. The molecule has 128 valence electrons. The fourth-order valence-electron chi connectivity index (χ4n) is 2.90. The summed E-state index contributed by atoms with van der Waals surface area (Å²) in [4.78, 5) is 16.8. The van der Waals surface area contributed by atoms with Crippen LogP contribution in [0.1, 0.15) is 5.56 Å². The van der Waals surface area contributed by atoms with Crippen molar-refractivity contribution in [1.29, 1.82) is 0 Å². The molecule has 0 unspecified atom stereocenters. The van der Waals surface area contributed by atoms with Crippen LogP contribution < -0.4 is 5.56 Å². The fraction of sp³-hybridized carbons (Fsp3) is 0.0476. The molecule has 0 bridgehead atoms. The molecule has 0 aromatic heterocycles. The van der Waals surface area contributed by atoms with Crippen LogP contribution in [0.5, 0.6) is 0 Å². The second-order valence-corrected chi connectivity index (χ2v) is 6.86. The number of fused-ring (bicyclic) bond motifs is 1. The summed E-state index contributed by atoms with van der Waals surface area (Å²) in [6.07, 6.45) is 3.81. The van der Waals surface area contributed by atoms with Crippen molar-refractivity contribution in [2.75, 3.05) is 0 Å². The lowest BCUT2D eigenvalue weighted by molar-refractivity contribution is 0.790. The molecular formula is C21H14Cl2N2O. The zero-order chi connectivity index (χ0) is 18.1. The summed E-state index contributed by atoms with van der Waals surface area (Å²) in [5, 5.41) is 0.910. The Morgan fingerprint density at radius 3 is 2.46 bits per heavy atom. The largest absolute Gasteiger partial charge is 0.349 e. The monoisotopic (exact) mass is 380 g/mol. The Hall–Kier alpha value is -2.62. The zero-order valence-corrected chi connectivity index (χ0v) is 15.2. The van der Waals surface area contributed by atoms with E-state index in [1.807, 2.05) is 47.3 Å². The second-order valence-electron chi connectivity index (χ2n) is 6.05. The molecule has 2 aliphatic rings. The molecule has 2 heterocycles. The van der Waals surface area contributed by atoms with Crippen LogP contribution in [0.3, 0.4) is 0 Å². The lowest BCUT2D eigenvalue weighted by Crippen LogP contribution is -2.13. The van der Waals surface area contributed by atoms with Crippen molar-refractivity contribution < 1.29 is 0 Å². The SMILES string of the molecule is O=c1nc(-c2ccc(Cl)c(Cl)c2)cc2ccn(Cc3ccccc3)cc1-2. The predicted octanol–water partition coefficient (Wildman–Crippen LogP) is 5.37. The molecule has 0 radical (unpaired) electrons. The van der Waals surface area contributed by atoms with E-state index in [0.717, 1.165) is 11.1 Å². The minimum Gasteiger partial charge on any atom is -0.349 e. The number of pyridine rings is 2. The molecule has 0 amide bonds. The number of hydrogen-bond donors (Lipinski definition) is 0.